The predicted molar refractivity (Wildman–Crippen MR) is 117 cm³/mol. The van der Waals surface area contributed by atoms with Crippen molar-refractivity contribution in [2.24, 2.45) is 0 Å². The van der Waals surface area contributed by atoms with E-state index in [1.165, 1.54) is 0 Å². The van der Waals surface area contributed by atoms with E-state index < -0.39 is 31.3 Å². The molecular weight excluding hydrogens is 626 g/mol. The van der Waals surface area contributed by atoms with E-state index in [1.807, 2.05) is 73.2 Å². The van der Waals surface area contributed by atoms with Gasteiger partial charge in [-0.3, -0.25) is 19.9 Å². The summed E-state index contributed by atoms with van der Waals surface area (Å²) in [5.74, 6) is 0. The Balaban J connectivity index is 0.000000708. The number of pyridine rings is 3. The van der Waals surface area contributed by atoms with Gasteiger partial charge in [-0.05, 0) is 36.4 Å². The molecule has 0 saturated carbocycles. The molecule has 3 aromatic rings. The molecule has 0 saturated heterocycles. The van der Waals surface area contributed by atoms with Crippen molar-refractivity contribution in [3.05, 3.63) is 90.3 Å². The second-order valence-electron chi connectivity index (χ2n) is 6.91. The zero-order valence-electron chi connectivity index (χ0n) is 19.2. The topological polar surface area (TPSA) is 156 Å². The van der Waals surface area contributed by atoms with Crippen LogP contribution in [0.25, 0.3) is 0 Å². The summed E-state index contributed by atoms with van der Waals surface area (Å²) in [6.07, 6.45) is 5.49. The number of hydrogen-bond acceptors (Lipinski definition) is 10. The molecule has 0 aliphatic heterocycles. The summed E-state index contributed by atoms with van der Waals surface area (Å²) in [6, 6.07) is 18.0. The van der Waals surface area contributed by atoms with Gasteiger partial charge in [-0.2, -0.15) is 26.3 Å². The first-order valence-electron chi connectivity index (χ1n) is 9.86. The van der Waals surface area contributed by atoms with Crippen molar-refractivity contribution in [3.8, 4) is 0 Å². The molecule has 0 aliphatic carbocycles. The van der Waals surface area contributed by atoms with Crippen LogP contribution in [0.2, 0.25) is 0 Å². The molecule has 0 amide bonds. The maximum Gasteiger partial charge on any atom is 2.00 e. The molecule has 0 spiro atoms. The average molecular weight is 644 g/mol. The van der Waals surface area contributed by atoms with E-state index in [4.69, 9.17) is 25.9 Å². The number of aromatic nitrogens is 3. The van der Waals surface area contributed by atoms with Crippen LogP contribution in [-0.4, -0.2) is 56.8 Å². The van der Waals surface area contributed by atoms with Crippen LogP contribution in [0.3, 0.4) is 0 Å². The van der Waals surface area contributed by atoms with E-state index in [-0.39, 0.29) is 17.1 Å². The van der Waals surface area contributed by atoms with Crippen molar-refractivity contribution in [2.75, 3.05) is 0 Å². The minimum atomic E-state index is -6.09. The van der Waals surface area contributed by atoms with Gasteiger partial charge in [0.1, 0.15) is 0 Å². The Bertz CT molecular complexity index is 1180. The van der Waals surface area contributed by atoms with Gasteiger partial charge in [0.15, 0.2) is 20.2 Å². The van der Waals surface area contributed by atoms with Crippen molar-refractivity contribution < 1.29 is 69.4 Å². The van der Waals surface area contributed by atoms with E-state index in [0.29, 0.717) is 0 Å². The molecule has 216 valence electrons. The Labute approximate surface area is 230 Å². The summed E-state index contributed by atoms with van der Waals surface area (Å²) in [5.41, 5.74) is -8.14. The second-order valence-corrected chi connectivity index (χ2v) is 9.65. The van der Waals surface area contributed by atoms with E-state index in [0.717, 1.165) is 36.7 Å². The normalized spacial score (nSPS) is 11.8. The molecule has 10 nitrogen and oxygen atoms in total. The Hall–Kier alpha value is -2.67. The van der Waals surface area contributed by atoms with E-state index in [2.05, 4.69) is 19.9 Å². The van der Waals surface area contributed by atoms with Gasteiger partial charge in [-0.1, -0.05) is 18.2 Å². The van der Waals surface area contributed by atoms with E-state index in [1.54, 1.807) is 0 Å². The molecule has 3 heterocycles. The van der Waals surface area contributed by atoms with Crippen molar-refractivity contribution in [3.63, 3.8) is 0 Å². The third kappa shape index (κ3) is 14.9. The minimum absolute atomic E-state index is 0. The van der Waals surface area contributed by atoms with Crippen LogP contribution in [0, 0.1) is 0 Å². The fourth-order valence-electron chi connectivity index (χ4n) is 2.33. The molecule has 0 unspecified atom stereocenters. The third-order valence-electron chi connectivity index (χ3n) is 3.90. The maximum absolute atomic E-state index is 10.7. The van der Waals surface area contributed by atoms with Gasteiger partial charge < -0.3 is 9.11 Å². The van der Waals surface area contributed by atoms with Gasteiger partial charge in [0.05, 0.1) is 17.1 Å². The standard InChI is InChI=1S/C18H18N4.2CHF3O3S.Fe/c1-4-10-19-16(7-1)13-22(14-17-8-2-5-11-20-17)15-18-9-3-6-12-21-18;2*2-1(3,4)8(5,6)7;/h1-12H,13-15H2;2*(H,5,6,7);/q;;;+2/p-2. The largest absolute Gasteiger partial charge is 2.00 e. The molecule has 0 N–H and O–H groups in total. The fraction of sp³-hybridized carbons (Fsp3) is 0.250. The van der Waals surface area contributed by atoms with Gasteiger partial charge >= 0.3 is 28.1 Å². The zero-order chi connectivity index (χ0) is 29.0. The second kappa shape index (κ2) is 15.8. The van der Waals surface area contributed by atoms with Crippen LogP contribution < -0.4 is 0 Å². The monoisotopic (exact) mass is 644 g/mol. The molecule has 3 rings (SSSR count). The molecule has 0 radical (unpaired) electrons. The Morgan fingerprint density at radius 3 is 0.974 bits per heavy atom. The van der Waals surface area contributed by atoms with Crippen molar-refractivity contribution in [2.45, 2.75) is 30.7 Å². The summed E-state index contributed by atoms with van der Waals surface area (Å²) in [7, 11) is -12.2. The zero-order valence-corrected chi connectivity index (χ0v) is 22.0. The summed E-state index contributed by atoms with van der Waals surface area (Å²) in [6.45, 7) is 2.32. The number of halogens is 6. The van der Waals surface area contributed by atoms with Crippen LogP contribution in [0.15, 0.2) is 73.2 Å². The van der Waals surface area contributed by atoms with Crippen molar-refractivity contribution >= 4 is 20.2 Å². The third-order valence-corrected chi connectivity index (χ3v) is 5.04. The Kier molecular flexibility index (Phi) is 14.7. The van der Waals surface area contributed by atoms with Gasteiger partial charge in [0.2, 0.25) is 0 Å². The van der Waals surface area contributed by atoms with Crippen molar-refractivity contribution in [1.29, 1.82) is 0 Å². The van der Waals surface area contributed by atoms with Crippen LogP contribution >= 0.6 is 0 Å². The molecule has 0 fully saturated rings. The van der Waals surface area contributed by atoms with Gasteiger partial charge in [0, 0.05) is 38.2 Å². The summed E-state index contributed by atoms with van der Waals surface area (Å²) in [5, 5.41) is 0. The fourth-order valence-corrected chi connectivity index (χ4v) is 2.33. The summed E-state index contributed by atoms with van der Waals surface area (Å²) >= 11 is 0. The van der Waals surface area contributed by atoms with Gasteiger partial charge in [-0.25, -0.2) is 16.8 Å². The van der Waals surface area contributed by atoms with Crippen LogP contribution in [0.1, 0.15) is 17.1 Å². The van der Waals surface area contributed by atoms with Crippen LogP contribution in [0.4, 0.5) is 26.3 Å². The van der Waals surface area contributed by atoms with Crippen LogP contribution in [-0.2, 0) is 56.9 Å². The molecular formula is C20H18F6FeN4O6S2. The predicted octanol–water partition coefficient (Wildman–Crippen LogP) is 3.17. The smallest absolute Gasteiger partial charge is 0.741 e. The van der Waals surface area contributed by atoms with Crippen LogP contribution in [0.5, 0.6) is 0 Å². The first-order valence-corrected chi connectivity index (χ1v) is 12.7. The average Bonchev–Trinajstić information content (AvgIpc) is 2.79. The van der Waals surface area contributed by atoms with Gasteiger partial charge in [0.25, 0.3) is 0 Å². The quantitative estimate of drug-likeness (QED) is 0.169. The maximum atomic E-state index is 10.7. The molecule has 0 bridgehead atoms. The Morgan fingerprint density at radius 2 is 0.821 bits per heavy atom. The Morgan fingerprint density at radius 1 is 0.590 bits per heavy atom. The summed E-state index contributed by atoms with van der Waals surface area (Å²) < 4.78 is 118. The molecule has 3 aromatic heterocycles. The minimum Gasteiger partial charge on any atom is -0.741 e. The number of alkyl halides is 6. The van der Waals surface area contributed by atoms with E-state index in [9.17, 15) is 26.3 Å². The number of nitrogens with zero attached hydrogens (tertiary/aromatic N) is 4. The number of hydrogen-bond donors (Lipinski definition) is 0. The first-order chi connectivity index (χ1) is 17.4. The number of rotatable bonds is 6. The van der Waals surface area contributed by atoms with Gasteiger partial charge in [-0.15, -0.1) is 0 Å². The molecule has 39 heavy (non-hydrogen) atoms. The summed E-state index contributed by atoms with van der Waals surface area (Å²) in [4.78, 5) is 15.6. The first kappa shape index (κ1) is 36.3. The van der Waals surface area contributed by atoms with E-state index >= 15 is 0 Å². The molecule has 19 heteroatoms. The molecule has 0 aromatic carbocycles. The molecule has 0 aliphatic rings. The molecule has 0 atom stereocenters. The van der Waals surface area contributed by atoms with Crippen molar-refractivity contribution in [1.82, 2.24) is 19.9 Å². The SMILES string of the molecule is O=S(=O)([O-])C(F)(F)F.O=S(=O)([O-])C(F)(F)F.[Fe+2].c1ccc(CN(Cc2ccccn2)Cc2ccccn2)nc1.